The molecule has 1 N–H and O–H groups in total. The van der Waals surface area contributed by atoms with Gasteiger partial charge in [0.05, 0.1) is 5.56 Å². The molecule has 1 aromatic carbocycles. The van der Waals surface area contributed by atoms with Gasteiger partial charge in [-0.2, -0.15) is 0 Å². The molecule has 0 spiro atoms. The number of amides is 1. The van der Waals surface area contributed by atoms with Crippen LogP contribution in [0.4, 0.5) is 0 Å². The molecule has 0 aliphatic carbocycles. The average Bonchev–Trinajstić information content (AvgIpc) is 2.20. The Morgan fingerprint density at radius 2 is 2.12 bits per heavy atom. The molecule has 17 heavy (non-hydrogen) atoms. The van der Waals surface area contributed by atoms with Crippen LogP contribution in [0.15, 0.2) is 22.7 Å². The van der Waals surface area contributed by atoms with E-state index >= 15 is 0 Å². The van der Waals surface area contributed by atoms with Gasteiger partial charge in [-0.15, -0.1) is 0 Å². The summed E-state index contributed by atoms with van der Waals surface area (Å²) < 4.78 is 1.87. The summed E-state index contributed by atoms with van der Waals surface area (Å²) in [5, 5.41) is 3.92. The van der Waals surface area contributed by atoms with Crippen LogP contribution < -0.4 is 5.32 Å². The highest BCUT2D eigenvalue weighted by Gasteiger charge is 2.21. The lowest BCUT2D eigenvalue weighted by molar-refractivity contribution is 0.0911. The number of rotatable bonds is 4. The summed E-state index contributed by atoms with van der Waals surface area (Å²) >= 11 is 8.96. The molecule has 94 valence electrons. The molecule has 5 heteroatoms. The molecule has 1 rings (SSSR count). The smallest absolute Gasteiger partial charge is 0.252 e. The van der Waals surface area contributed by atoms with Gasteiger partial charge < -0.3 is 5.32 Å². The zero-order chi connectivity index (χ0) is 13.1. The zero-order valence-corrected chi connectivity index (χ0v) is 15.0. The van der Waals surface area contributed by atoms with E-state index in [9.17, 15) is 4.79 Å². The summed E-state index contributed by atoms with van der Waals surface area (Å²) in [4.78, 5) is 12.2. The second-order valence-corrected chi connectivity index (χ2v) is 7.27. The molecule has 0 fully saturated rings. The Morgan fingerprint density at radius 3 is 2.71 bits per heavy atom. The minimum atomic E-state index is -0.202. The summed E-state index contributed by atoms with van der Waals surface area (Å²) in [5.74, 6) is -0.0262. The number of hydrogen-bond acceptors (Lipinski definition) is 1. The topological polar surface area (TPSA) is 29.1 Å². The van der Waals surface area contributed by atoms with Gasteiger partial charge in [0.15, 0.2) is 0 Å². The summed E-state index contributed by atoms with van der Waals surface area (Å²) in [6.45, 7) is 4.05. The van der Waals surface area contributed by atoms with Gasteiger partial charge in [-0.25, -0.2) is 0 Å². The standard InChI is InChI=1S/C12H14Br2INO/c1-12(2,5-6-13)16-11(17)9-7-8(14)3-4-10(9)15/h3-4,7H,5-6H2,1-2H3,(H,16,17). The Hall–Kier alpha value is 0.380. The summed E-state index contributed by atoms with van der Waals surface area (Å²) in [5.41, 5.74) is 0.508. The fourth-order valence-electron chi connectivity index (χ4n) is 1.34. The van der Waals surface area contributed by atoms with Crippen LogP contribution in [0.2, 0.25) is 0 Å². The molecule has 0 heterocycles. The lowest BCUT2D eigenvalue weighted by atomic mass is 10.0. The zero-order valence-electron chi connectivity index (χ0n) is 9.69. The van der Waals surface area contributed by atoms with E-state index in [0.29, 0.717) is 5.56 Å². The van der Waals surface area contributed by atoms with Gasteiger partial charge in [0.25, 0.3) is 5.91 Å². The molecule has 1 aromatic rings. The van der Waals surface area contributed by atoms with Crippen LogP contribution in [0.5, 0.6) is 0 Å². The first-order valence-corrected chi connectivity index (χ1v) is 8.18. The molecule has 0 radical (unpaired) electrons. The lowest BCUT2D eigenvalue weighted by Gasteiger charge is -2.25. The molecule has 1 amide bonds. The first-order chi connectivity index (χ1) is 7.85. The van der Waals surface area contributed by atoms with E-state index in [1.807, 2.05) is 32.0 Å². The van der Waals surface area contributed by atoms with Crippen molar-refractivity contribution in [1.82, 2.24) is 5.32 Å². The number of carbonyl (C=O) groups is 1. The third-order valence-electron chi connectivity index (χ3n) is 2.34. The van der Waals surface area contributed by atoms with Gasteiger partial charge in [0.1, 0.15) is 0 Å². The van der Waals surface area contributed by atoms with Crippen molar-refractivity contribution in [2.45, 2.75) is 25.8 Å². The van der Waals surface area contributed by atoms with E-state index in [0.717, 1.165) is 19.8 Å². The van der Waals surface area contributed by atoms with Crippen LogP contribution >= 0.6 is 54.5 Å². The maximum atomic E-state index is 12.2. The number of hydrogen-bond donors (Lipinski definition) is 1. The summed E-state index contributed by atoms with van der Waals surface area (Å²) in [7, 11) is 0. The Balaban J connectivity index is 2.86. The average molecular weight is 475 g/mol. The van der Waals surface area contributed by atoms with Crippen LogP contribution in [0.25, 0.3) is 0 Å². The van der Waals surface area contributed by atoms with E-state index in [-0.39, 0.29) is 11.4 Å². The van der Waals surface area contributed by atoms with Crippen molar-refractivity contribution in [3.05, 3.63) is 31.8 Å². The highest BCUT2D eigenvalue weighted by molar-refractivity contribution is 14.1. The quantitative estimate of drug-likeness (QED) is 0.510. The Bertz CT molecular complexity index is 421. The molecular formula is C12H14Br2INO. The largest absolute Gasteiger partial charge is 0.347 e. The first-order valence-electron chi connectivity index (χ1n) is 5.19. The monoisotopic (exact) mass is 473 g/mol. The lowest BCUT2D eigenvalue weighted by Crippen LogP contribution is -2.43. The normalized spacial score (nSPS) is 11.4. The van der Waals surface area contributed by atoms with Crippen molar-refractivity contribution in [2.75, 3.05) is 5.33 Å². The molecular weight excluding hydrogens is 461 g/mol. The van der Waals surface area contributed by atoms with E-state index in [2.05, 4.69) is 59.8 Å². The van der Waals surface area contributed by atoms with Crippen molar-refractivity contribution in [3.8, 4) is 0 Å². The molecule has 2 nitrogen and oxygen atoms in total. The van der Waals surface area contributed by atoms with Crippen LogP contribution in [0.1, 0.15) is 30.6 Å². The molecule has 0 unspecified atom stereocenters. The molecule has 0 saturated heterocycles. The van der Waals surface area contributed by atoms with E-state index in [1.54, 1.807) is 0 Å². The fourth-order valence-corrected chi connectivity index (χ4v) is 3.28. The van der Waals surface area contributed by atoms with E-state index < -0.39 is 0 Å². The Labute approximate surface area is 132 Å². The van der Waals surface area contributed by atoms with Crippen molar-refractivity contribution >= 4 is 60.4 Å². The number of benzene rings is 1. The van der Waals surface area contributed by atoms with Gasteiger partial charge in [-0.05, 0) is 61.1 Å². The molecule has 0 aromatic heterocycles. The summed E-state index contributed by atoms with van der Waals surface area (Å²) in [6, 6.07) is 5.71. The third-order valence-corrected chi connectivity index (χ3v) is 4.17. The van der Waals surface area contributed by atoms with Gasteiger partial charge in [-0.3, -0.25) is 4.79 Å². The van der Waals surface area contributed by atoms with Crippen LogP contribution in [-0.4, -0.2) is 16.8 Å². The second kappa shape index (κ2) is 6.52. The number of alkyl halides is 1. The minimum absolute atomic E-state index is 0.0262. The van der Waals surface area contributed by atoms with Crippen molar-refractivity contribution in [1.29, 1.82) is 0 Å². The first kappa shape index (κ1) is 15.4. The second-order valence-electron chi connectivity index (χ2n) is 4.40. The van der Waals surface area contributed by atoms with Crippen LogP contribution in [-0.2, 0) is 0 Å². The molecule has 0 bridgehead atoms. The van der Waals surface area contributed by atoms with Gasteiger partial charge in [0, 0.05) is 18.9 Å². The van der Waals surface area contributed by atoms with Crippen LogP contribution in [0, 0.1) is 3.57 Å². The minimum Gasteiger partial charge on any atom is -0.347 e. The van der Waals surface area contributed by atoms with E-state index in [4.69, 9.17) is 0 Å². The number of nitrogens with one attached hydrogen (secondary N) is 1. The predicted molar refractivity (Wildman–Crippen MR) is 86.8 cm³/mol. The highest BCUT2D eigenvalue weighted by Crippen LogP contribution is 2.20. The third kappa shape index (κ3) is 4.87. The van der Waals surface area contributed by atoms with Crippen LogP contribution in [0.3, 0.4) is 0 Å². The Kier molecular flexibility index (Phi) is 5.92. The maximum absolute atomic E-state index is 12.2. The molecule has 0 saturated carbocycles. The van der Waals surface area contributed by atoms with Crippen molar-refractivity contribution in [2.24, 2.45) is 0 Å². The fraction of sp³-hybridized carbons (Fsp3) is 0.417. The van der Waals surface area contributed by atoms with Gasteiger partial charge >= 0.3 is 0 Å². The number of halogens is 3. The maximum Gasteiger partial charge on any atom is 0.252 e. The SMILES string of the molecule is CC(C)(CCBr)NC(=O)c1cc(Br)ccc1I. The van der Waals surface area contributed by atoms with Crippen molar-refractivity contribution in [3.63, 3.8) is 0 Å². The van der Waals surface area contributed by atoms with Gasteiger partial charge in [0.2, 0.25) is 0 Å². The molecule has 0 aliphatic heterocycles. The van der Waals surface area contributed by atoms with Crippen molar-refractivity contribution < 1.29 is 4.79 Å². The summed E-state index contributed by atoms with van der Waals surface area (Å²) in [6.07, 6.45) is 0.892. The highest BCUT2D eigenvalue weighted by atomic mass is 127. The molecule has 0 aliphatic rings. The predicted octanol–water partition coefficient (Wildman–Crippen LogP) is 4.35. The Morgan fingerprint density at radius 1 is 1.47 bits per heavy atom. The number of carbonyl (C=O) groups excluding carboxylic acids is 1. The molecule has 0 atom stereocenters. The van der Waals surface area contributed by atoms with E-state index in [1.165, 1.54) is 0 Å². The van der Waals surface area contributed by atoms with Gasteiger partial charge in [-0.1, -0.05) is 31.9 Å².